The van der Waals surface area contributed by atoms with Crippen LogP contribution >= 0.6 is 23.5 Å². The van der Waals surface area contributed by atoms with E-state index in [1.54, 1.807) is 6.07 Å². The number of nitrogens with one attached hydrogen (secondary N) is 1. The van der Waals surface area contributed by atoms with Crippen LogP contribution in [-0.2, 0) is 9.59 Å². The lowest BCUT2D eigenvalue weighted by Crippen LogP contribution is -2.72. The molecule has 0 saturated carbocycles. The quantitative estimate of drug-likeness (QED) is 0.478. The standard InChI is InChI=1S/C12H14N4O4S2/c13-8-9(18)16-3-12(11(19)20,5-22-10(8)16)4-21-7-2-1-6(17)14-15-7/h1-2,8,10H,3-5,13H2,(H,14,17)(H,19,20)/t8?,10-,12?/m1/s1. The van der Waals surface area contributed by atoms with E-state index in [-0.39, 0.29) is 29.1 Å². The number of β-lactam (4-membered cyclic amide) rings is 1. The number of amides is 1. The van der Waals surface area contributed by atoms with Crippen molar-refractivity contribution in [3.05, 3.63) is 22.5 Å². The minimum atomic E-state index is -1.04. The van der Waals surface area contributed by atoms with Crippen molar-refractivity contribution >= 4 is 35.4 Å². The zero-order valence-corrected chi connectivity index (χ0v) is 13.0. The predicted octanol–water partition coefficient (Wildman–Crippen LogP) is -0.825. The van der Waals surface area contributed by atoms with Crippen LogP contribution < -0.4 is 11.3 Å². The summed E-state index contributed by atoms with van der Waals surface area (Å²) in [7, 11) is 0. The molecule has 8 nitrogen and oxygen atoms in total. The average Bonchev–Trinajstić information content (AvgIpc) is 2.53. The fourth-order valence-corrected chi connectivity index (χ4v) is 5.06. The van der Waals surface area contributed by atoms with Gasteiger partial charge in [0.05, 0.1) is 0 Å². The van der Waals surface area contributed by atoms with Gasteiger partial charge >= 0.3 is 5.97 Å². The normalized spacial score (nSPS) is 30.6. The van der Waals surface area contributed by atoms with Gasteiger partial charge in [-0.05, 0) is 6.07 Å². The van der Waals surface area contributed by atoms with Gasteiger partial charge < -0.3 is 15.7 Å². The Balaban J connectivity index is 1.73. The molecule has 3 atom stereocenters. The van der Waals surface area contributed by atoms with Crippen molar-refractivity contribution in [1.82, 2.24) is 15.1 Å². The monoisotopic (exact) mass is 342 g/mol. The molecule has 2 aliphatic heterocycles. The smallest absolute Gasteiger partial charge is 0.313 e. The molecular formula is C12H14N4O4S2. The van der Waals surface area contributed by atoms with Crippen LogP contribution in [0, 0.1) is 5.41 Å². The maximum atomic E-state index is 11.8. The highest BCUT2D eigenvalue weighted by Crippen LogP contribution is 2.43. The highest BCUT2D eigenvalue weighted by molar-refractivity contribution is 8.00. The van der Waals surface area contributed by atoms with E-state index in [9.17, 15) is 19.5 Å². The molecule has 2 aliphatic rings. The first-order valence-corrected chi connectivity index (χ1v) is 8.56. The first-order valence-electron chi connectivity index (χ1n) is 6.53. The summed E-state index contributed by atoms with van der Waals surface area (Å²) in [5.74, 6) is -0.486. The zero-order valence-electron chi connectivity index (χ0n) is 11.4. The number of hydrogen-bond acceptors (Lipinski definition) is 7. The molecule has 3 rings (SSSR count). The van der Waals surface area contributed by atoms with E-state index < -0.39 is 17.4 Å². The number of hydrogen-bond donors (Lipinski definition) is 3. The molecule has 1 aromatic rings. The predicted molar refractivity (Wildman–Crippen MR) is 81.6 cm³/mol. The van der Waals surface area contributed by atoms with E-state index in [1.165, 1.54) is 34.5 Å². The third-order valence-corrected chi connectivity index (χ3v) is 6.62. The van der Waals surface area contributed by atoms with Crippen LogP contribution in [0.2, 0.25) is 0 Å². The Labute approximate surface area is 133 Å². The maximum absolute atomic E-state index is 11.8. The molecular weight excluding hydrogens is 328 g/mol. The summed E-state index contributed by atoms with van der Waals surface area (Å²) in [6, 6.07) is 2.36. The molecule has 0 aliphatic carbocycles. The minimum Gasteiger partial charge on any atom is -0.481 e. The van der Waals surface area contributed by atoms with Crippen LogP contribution in [0.15, 0.2) is 22.0 Å². The van der Waals surface area contributed by atoms with Crippen molar-refractivity contribution in [2.24, 2.45) is 11.1 Å². The second kappa shape index (κ2) is 5.60. The summed E-state index contributed by atoms with van der Waals surface area (Å²) >= 11 is 2.65. The van der Waals surface area contributed by atoms with Gasteiger partial charge in [-0.25, -0.2) is 5.10 Å². The molecule has 0 spiro atoms. The number of rotatable bonds is 4. The molecule has 10 heteroatoms. The Morgan fingerprint density at radius 1 is 1.59 bits per heavy atom. The van der Waals surface area contributed by atoms with Crippen molar-refractivity contribution in [3.8, 4) is 0 Å². The first-order chi connectivity index (χ1) is 10.4. The molecule has 0 bridgehead atoms. The lowest BCUT2D eigenvalue weighted by molar-refractivity contribution is -0.155. The van der Waals surface area contributed by atoms with E-state index in [4.69, 9.17) is 5.73 Å². The number of carbonyl (C=O) groups is 2. The first kappa shape index (κ1) is 15.4. The van der Waals surface area contributed by atoms with Crippen molar-refractivity contribution in [2.75, 3.05) is 18.1 Å². The number of nitrogens with zero attached hydrogens (tertiary/aromatic N) is 2. The number of nitrogens with two attached hydrogens (primary N) is 1. The number of aromatic amines is 1. The number of fused-ring (bicyclic) bond motifs is 1. The van der Waals surface area contributed by atoms with Gasteiger partial charge in [-0.1, -0.05) is 0 Å². The van der Waals surface area contributed by atoms with Gasteiger partial charge in [-0.15, -0.1) is 23.5 Å². The van der Waals surface area contributed by atoms with Crippen molar-refractivity contribution in [1.29, 1.82) is 0 Å². The number of H-pyrrole nitrogens is 1. The number of carbonyl (C=O) groups excluding carboxylic acids is 1. The summed E-state index contributed by atoms with van der Waals surface area (Å²) in [6.45, 7) is 0.156. The number of thioether (sulfide) groups is 2. The second-order valence-electron chi connectivity index (χ2n) is 5.33. The van der Waals surface area contributed by atoms with Crippen LogP contribution in [0.4, 0.5) is 0 Å². The maximum Gasteiger partial charge on any atom is 0.313 e. The minimum absolute atomic E-state index is 0.115. The number of carboxylic acid groups (broad SMARTS) is 1. The summed E-state index contributed by atoms with van der Waals surface area (Å²) in [5, 5.41) is 16.2. The highest BCUT2D eigenvalue weighted by atomic mass is 32.2. The van der Waals surface area contributed by atoms with Crippen LogP contribution in [0.3, 0.4) is 0 Å². The number of aromatic nitrogens is 2. The zero-order chi connectivity index (χ0) is 15.9. The van der Waals surface area contributed by atoms with Crippen LogP contribution in [0.1, 0.15) is 0 Å². The molecule has 2 unspecified atom stereocenters. The summed E-state index contributed by atoms with van der Waals surface area (Å²) in [4.78, 5) is 36.0. The highest BCUT2D eigenvalue weighted by Gasteiger charge is 2.55. The fraction of sp³-hybridized carbons (Fsp3) is 0.500. The van der Waals surface area contributed by atoms with Crippen molar-refractivity contribution < 1.29 is 14.7 Å². The van der Waals surface area contributed by atoms with Gasteiger partial charge in [-0.2, -0.15) is 5.10 Å². The van der Waals surface area contributed by atoms with E-state index in [0.717, 1.165) is 0 Å². The van der Waals surface area contributed by atoms with Crippen molar-refractivity contribution in [3.63, 3.8) is 0 Å². The van der Waals surface area contributed by atoms with Crippen LogP contribution in [0.25, 0.3) is 0 Å². The average molecular weight is 342 g/mol. The Hall–Kier alpha value is -1.52. The summed E-state index contributed by atoms with van der Waals surface area (Å²) < 4.78 is 0. The number of carboxylic acids is 1. The Morgan fingerprint density at radius 3 is 3.00 bits per heavy atom. The Morgan fingerprint density at radius 2 is 2.36 bits per heavy atom. The molecule has 118 valence electrons. The van der Waals surface area contributed by atoms with Gasteiger partial charge in [0.15, 0.2) is 0 Å². The Kier molecular flexibility index (Phi) is 3.91. The number of aliphatic carboxylic acids is 1. The van der Waals surface area contributed by atoms with E-state index in [0.29, 0.717) is 10.8 Å². The van der Waals surface area contributed by atoms with Gasteiger partial charge in [0.2, 0.25) is 5.91 Å². The molecule has 1 aromatic heterocycles. The molecule has 2 saturated heterocycles. The van der Waals surface area contributed by atoms with Crippen LogP contribution in [-0.4, -0.2) is 61.5 Å². The fourth-order valence-electron chi connectivity index (χ4n) is 2.43. The van der Waals surface area contributed by atoms with E-state index in [1.807, 2.05) is 0 Å². The lowest BCUT2D eigenvalue weighted by Gasteiger charge is -2.52. The lowest BCUT2D eigenvalue weighted by atomic mass is 9.89. The van der Waals surface area contributed by atoms with Gasteiger partial charge in [-0.3, -0.25) is 14.4 Å². The van der Waals surface area contributed by atoms with Crippen LogP contribution in [0.5, 0.6) is 0 Å². The van der Waals surface area contributed by atoms with Gasteiger partial charge in [0.1, 0.15) is 21.9 Å². The largest absolute Gasteiger partial charge is 0.481 e. The molecule has 0 radical (unpaired) electrons. The third-order valence-electron chi connectivity index (χ3n) is 3.79. The SMILES string of the molecule is NC1C(=O)N2CC(CSc3ccc(=O)[nH]n3)(C(=O)O)CS[C@H]12. The molecule has 3 heterocycles. The topological polar surface area (TPSA) is 129 Å². The molecule has 4 N–H and O–H groups in total. The summed E-state index contributed by atoms with van der Waals surface area (Å²) in [6.07, 6.45) is 0. The van der Waals surface area contributed by atoms with Gasteiger partial charge in [0.25, 0.3) is 5.56 Å². The Bertz CT molecular complexity index is 661. The van der Waals surface area contributed by atoms with E-state index >= 15 is 0 Å². The van der Waals surface area contributed by atoms with E-state index in [2.05, 4.69) is 10.2 Å². The molecule has 0 aromatic carbocycles. The molecule has 22 heavy (non-hydrogen) atoms. The second-order valence-corrected chi connectivity index (χ2v) is 7.43. The molecule has 2 fully saturated rings. The van der Waals surface area contributed by atoms with Crippen molar-refractivity contribution in [2.45, 2.75) is 16.4 Å². The molecule has 1 amide bonds. The summed E-state index contributed by atoms with van der Waals surface area (Å²) in [5.41, 5.74) is 4.36. The third kappa shape index (κ3) is 2.50. The van der Waals surface area contributed by atoms with Gasteiger partial charge in [0, 0.05) is 24.1 Å².